The molecule has 0 aliphatic carbocycles. The zero-order valence-electron chi connectivity index (χ0n) is 8.67. The van der Waals surface area contributed by atoms with Crippen molar-refractivity contribution >= 4 is 16.7 Å². The molecule has 0 saturated carbocycles. The summed E-state index contributed by atoms with van der Waals surface area (Å²) < 4.78 is 1.97. The minimum atomic E-state index is 0.837. The number of anilines is 1. The molecule has 3 nitrogen and oxygen atoms in total. The molecule has 0 radical (unpaired) electrons. The molecule has 0 aliphatic rings. The molecule has 16 heavy (non-hydrogen) atoms. The molecule has 0 amide bonds. The minimum absolute atomic E-state index is 0.837. The van der Waals surface area contributed by atoms with E-state index in [-0.39, 0.29) is 0 Å². The zero-order valence-corrected chi connectivity index (χ0v) is 8.67. The second-order valence-electron chi connectivity index (χ2n) is 3.57. The van der Waals surface area contributed by atoms with Gasteiger partial charge in [-0.3, -0.25) is 10.1 Å². The first-order chi connectivity index (χ1) is 7.93. The normalized spacial score (nSPS) is 10.5. The van der Waals surface area contributed by atoms with Crippen molar-refractivity contribution in [2.75, 3.05) is 5.43 Å². The van der Waals surface area contributed by atoms with Crippen LogP contribution < -0.4 is 5.43 Å². The molecule has 2 heterocycles. The van der Waals surface area contributed by atoms with Gasteiger partial charge in [-0.25, -0.2) is 4.98 Å². The van der Waals surface area contributed by atoms with Crippen molar-refractivity contribution in [3.05, 3.63) is 60.9 Å². The number of para-hydroxylation sites is 1. The lowest BCUT2D eigenvalue weighted by atomic mass is 10.3. The zero-order chi connectivity index (χ0) is 10.8. The maximum absolute atomic E-state index is 4.23. The molecule has 3 aromatic rings. The Morgan fingerprint density at radius 2 is 1.81 bits per heavy atom. The van der Waals surface area contributed by atoms with Gasteiger partial charge in [0.15, 0.2) is 0 Å². The topological polar surface area (TPSA) is 29.9 Å². The molecule has 0 atom stereocenters. The highest BCUT2D eigenvalue weighted by molar-refractivity contribution is 5.80. The van der Waals surface area contributed by atoms with E-state index in [0.717, 1.165) is 11.3 Å². The Balaban J connectivity index is 2.01. The van der Waals surface area contributed by atoms with Crippen LogP contribution in [0.2, 0.25) is 0 Å². The van der Waals surface area contributed by atoms with E-state index >= 15 is 0 Å². The number of nitrogens with zero attached hydrogens (tertiary/aromatic N) is 2. The van der Waals surface area contributed by atoms with Crippen LogP contribution in [0.15, 0.2) is 60.9 Å². The van der Waals surface area contributed by atoms with Gasteiger partial charge in [0, 0.05) is 17.8 Å². The van der Waals surface area contributed by atoms with Crippen molar-refractivity contribution < 1.29 is 0 Å². The molecule has 78 valence electrons. The van der Waals surface area contributed by atoms with Crippen molar-refractivity contribution in [3.8, 4) is 0 Å². The summed E-state index contributed by atoms with van der Waals surface area (Å²) in [5, 5.41) is 1.21. The highest BCUT2D eigenvalue weighted by atomic mass is 15.4. The van der Waals surface area contributed by atoms with Gasteiger partial charge in [0.1, 0.15) is 5.82 Å². The van der Waals surface area contributed by atoms with Crippen molar-refractivity contribution in [1.82, 2.24) is 9.66 Å². The number of hydrogen-bond donors (Lipinski definition) is 1. The van der Waals surface area contributed by atoms with Gasteiger partial charge < -0.3 is 0 Å². The Morgan fingerprint density at radius 3 is 2.69 bits per heavy atom. The number of rotatable bonds is 2. The lowest BCUT2D eigenvalue weighted by Crippen LogP contribution is -2.07. The highest BCUT2D eigenvalue weighted by Gasteiger charge is 1.99. The van der Waals surface area contributed by atoms with E-state index in [1.165, 1.54) is 5.39 Å². The quantitative estimate of drug-likeness (QED) is 0.703. The van der Waals surface area contributed by atoms with E-state index < -0.39 is 0 Å². The molecule has 0 unspecified atom stereocenters. The van der Waals surface area contributed by atoms with Gasteiger partial charge in [0.25, 0.3) is 0 Å². The number of nitrogens with one attached hydrogen (secondary N) is 1. The molecule has 3 rings (SSSR count). The van der Waals surface area contributed by atoms with E-state index in [4.69, 9.17) is 0 Å². The molecule has 2 aromatic heterocycles. The maximum atomic E-state index is 4.23. The van der Waals surface area contributed by atoms with Crippen molar-refractivity contribution in [3.63, 3.8) is 0 Å². The fraction of sp³-hybridized carbons (Fsp3) is 0. The maximum Gasteiger partial charge on any atom is 0.144 e. The molecule has 3 heteroatoms. The fourth-order valence-electron chi connectivity index (χ4n) is 1.73. The smallest absolute Gasteiger partial charge is 0.144 e. The Labute approximate surface area is 93.3 Å². The monoisotopic (exact) mass is 209 g/mol. The third kappa shape index (κ3) is 1.52. The summed E-state index contributed by atoms with van der Waals surface area (Å²) in [5.74, 6) is 0.837. The van der Waals surface area contributed by atoms with Gasteiger partial charge in [-0.05, 0) is 24.3 Å². The Kier molecular flexibility index (Phi) is 2.07. The van der Waals surface area contributed by atoms with Crippen LogP contribution >= 0.6 is 0 Å². The molecular weight excluding hydrogens is 198 g/mol. The molecule has 0 aliphatic heterocycles. The summed E-state index contributed by atoms with van der Waals surface area (Å²) in [5.41, 5.74) is 4.38. The molecule has 1 N–H and O–H groups in total. The van der Waals surface area contributed by atoms with Crippen molar-refractivity contribution in [1.29, 1.82) is 0 Å². The lowest BCUT2D eigenvalue weighted by Gasteiger charge is -2.07. The molecule has 0 saturated heterocycles. The van der Waals surface area contributed by atoms with Crippen molar-refractivity contribution in [2.24, 2.45) is 0 Å². The van der Waals surface area contributed by atoms with Crippen LogP contribution in [0.1, 0.15) is 0 Å². The first-order valence-corrected chi connectivity index (χ1v) is 5.18. The molecule has 1 aromatic carbocycles. The minimum Gasteiger partial charge on any atom is -0.278 e. The lowest BCUT2D eigenvalue weighted by molar-refractivity contribution is 0.990. The number of hydrogen-bond acceptors (Lipinski definition) is 2. The summed E-state index contributed by atoms with van der Waals surface area (Å²) >= 11 is 0. The van der Waals surface area contributed by atoms with Gasteiger partial charge >= 0.3 is 0 Å². The van der Waals surface area contributed by atoms with Gasteiger partial charge in [-0.1, -0.05) is 24.3 Å². The molecule has 0 bridgehead atoms. The van der Waals surface area contributed by atoms with Crippen LogP contribution in [-0.2, 0) is 0 Å². The molecule has 0 spiro atoms. The largest absolute Gasteiger partial charge is 0.278 e. The molecule has 0 fully saturated rings. The van der Waals surface area contributed by atoms with Gasteiger partial charge in [0.05, 0.1) is 5.52 Å². The average molecular weight is 209 g/mol. The van der Waals surface area contributed by atoms with Crippen LogP contribution in [0.4, 0.5) is 5.82 Å². The summed E-state index contributed by atoms with van der Waals surface area (Å²) in [6.45, 7) is 0. The Bertz CT molecular complexity index is 599. The van der Waals surface area contributed by atoms with Gasteiger partial charge in [-0.2, -0.15) is 0 Å². The summed E-state index contributed by atoms with van der Waals surface area (Å²) in [7, 11) is 0. The second-order valence-corrected chi connectivity index (χ2v) is 3.57. The summed E-state index contributed by atoms with van der Waals surface area (Å²) in [6.07, 6.45) is 3.77. The van der Waals surface area contributed by atoms with Crippen LogP contribution in [-0.4, -0.2) is 9.66 Å². The first kappa shape index (κ1) is 8.97. The van der Waals surface area contributed by atoms with E-state index in [2.05, 4.69) is 28.6 Å². The summed E-state index contributed by atoms with van der Waals surface area (Å²) in [6, 6.07) is 16.1. The predicted molar refractivity (Wildman–Crippen MR) is 65.2 cm³/mol. The number of fused-ring (bicyclic) bond motifs is 1. The second kappa shape index (κ2) is 3.70. The third-order valence-corrected chi connectivity index (χ3v) is 2.50. The van der Waals surface area contributed by atoms with Gasteiger partial charge in [0.2, 0.25) is 0 Å². The standard InChI is InChI=1S/C13H11N3/c1-2-6-12-11(5-1)8-10-16(12)15-13-7-3-4-9-14-13/h1-10H,(H,14,15). The van der Waals surface area contributed by atoms with Crippen LogP contribution in [0, 0.1) is 0 Å². The van der Waals surface area contributed by atoms with Crippen molar-refractivity contribution in [2.45, 2.75) is 0 Å². The summed E-state index contributed by atoms with van der Waals surface area (Å²) in [4.78, 5) is 4.23. The first-order valence-electron chi connectivity index (χ1n) is 5.18. The predicted octanol–water partition coefficient (Wildman–Crippen LogP) is 2.91. The number of benzene rings is 1. The fourth-order valence-corrected chi connectivity index (χ4v) is 1.73. The van der Waals surface area contributed by atoms with E-state index in [9.17, 15) is 0 Å². The highest BCUT2D eigenvalue weighted by Crippen LogP contribution is 2.15. The van der Waals surface area contributed by atoms with E-state index in [1.54, 1.807) is 6.20 Å². The van der Waals surface area contributed by atoms with Crippen LogP contribution in [0.3, 0.4) is 0 Å². The number of aromatic nitrogens is 2. The van der Waals surface area contributed by atoms with Crippen LogP contribution in [0.25, 0.3) is 10.9 Å². The third-order valence-electron chi connectivity index (χ3n) is 2.50. The SMILES string of the molecule is c1ccc(Nn2ccc3ccccc32)nc1. The molecular formula is C13H11N3. The number of pyridine rings is 1. The Hall–Kier alpha value is -2.29. The Morgan fingerprint density at radius 1 is 0.938 bits per heavy atom. The van der Waals surface area contributed by atoms with E-state index in [0.29, 0.717) is 0 Å². The average Bonchev–Trinajstić information content (AvgIpc) is 2.74. The van der Waals surface area contributed by atoms with Gasteiger partial charge in [-0.15, -0.1) is 0 Å². The van der Waals surface area contributed by atoms with Crippen LogP contribution in [0.5, 0.6) is 0 Å². The van der Waals surface area contributed by atoms with E-state index in [1.807, 2.05) is 41.2 Å².